The van der Waals surface area contributed by atoms with Gasteiger partial charge in [0.2, 0.25) is 11.8 Å². The number of carbonyl (C=O) groups excluding carboxylic acids is 1. The molecule has 13 heteroatoms. The van der Waals surface area contributed by atoms with Crippen molar-refractivity contribution in [3.8, 4) is 23.0 Å². The molecule has 0 amide bonds. The molecule has 0 aliphatic heterocycles. The third-order valence-corrected chi connectivity index (χ3v) is 5.65. The topological polar surface area (TPSA) is 132 Å². The number of halogens is 3. The summed E-state index contributed by atoms with van der Waals surface area (Å²) in [5.74, 6) is 1.76. The third kappa shape index (κ3) is 6.50. The predicted molar refractivity (Wildman–Crippen MR) is 129 cm³/mol. The van der Waals surface area contributed by atoms with E-state index in [0.717, 1.165) is 12.1 Å². The van der Waals surface area contributed by atoms with Gasteiger partial charge in [-0.1, -0.05) is 24.8 Å². The highest BCUT2D eigenvalue weighted by atomic mass is 32.2. The first kappa shape index (κ1) is 25.0. The fraction of sp³-hybridized carbons (Fsp3) is 0.174. The number of nitrogen functional groups attached to an aromatic ring is 1. The van der Waals surface area contributed by atoms with Crippen LogP contribution in [-0.4, -0.2) is 36.7 Å². The number of hydrogen-bond acceptors (Lipinski definition) is 9. The van der Waals surface area contributed by atoms with Gasteiger partial charge in [-0.05, 0) is 42.5 Å². The van der Waals surface area contributed by atoms with Gasteiger partial charge in [-0.3, -0.25) is 9.89 Å². The van der Waals surface area contributed by atoms with Gasteiger partial charge < -0.3 is 15.8 Å². The summed E-state index contributed by atoms with van der Waals surface area (Å²) < 4.78 is 44.5. The number of anilines is 3. The van der Waals surface area contributed by atoms with Crippen LogP contribution in [0.1, 0.15) is 18.9 Å². The zero-order valence-electron chi connectivity index (χ0n) is 18.8. The van der Waals surface area contributed by atoms with Gasteiger partial charge in [-0.15, -0.1) is 5.10 Å². The van der Waals surface area contributed by atoms with Crippen molar-refractivity contribution >= 4 is 35.0 Å². The number of ketones is 1. The summed E-state index contributed by atoms with van der Waals surface area (Å²) in [7, 11) is 0. The van der Waals surface area contributed by atoms with Gasteiger partial charge in [0.1, 0.15) is 17.4 Å². The van der Waals surface area contributed by atoms with Crippen molar-refractivity contribution in [3.63, 3.8) is 0 Å². The highest BCUT2D eigenvalue weighted by Crippen LogP contribution is 2.31. The van der Waals surface area contributed by atoms with E-state index in [1.807, 2.05) is 0 Å². The van der Waals surface area contributed by atoms with Crippen LogP contribution in [0, 0.1) is 0 Å². The lowest BCUT2D eigenvalue weighted by Gasteiger charge is -2.08. The van der Waals surface area contributed by atoms with E-state index in [0.29, 0.717) is 28.7 Å². The van der Waals surface area contributed by atoms with Crippen LogP contribution in [-0.2, 0) is 11.0 Å². The second-order valence-electron chi connectivity index (χ2n) is 7.43. The van der Waals surface area contributed by atoms with E-state index in [9.17, 15) is 18.0 Å². The molecule has 0 saturated heterocycles. The lowest BCUT2D eigenvalue weighted by atomic mass is 10.2. The van der Waals surface area contributed by atoms with Crippen LogP contribution in [0.4, 0.5) is 30.6 Å². The Kier molecular flexibility index (Phi) is 7.38. The molecule has 36 heavy (non-hydrogen) atoms. The first-order valence-electron chi connectivity index (χ1n) is 10.6. The molecule has 2 aromatic carbocycles. The Morgan fingerprint density at radius 3 is 2.61 bits per heavy atom. The molecule has 0 atom stereocenters. The van der Waals surface area contributed by atoms with Crippen molar-refractivity contribution in [3.05, 3.63) is 60.2 Å². The normalized spacial score (nSPS) is 11.3. The van der Waals surface area contributed by atoms with Crippen LogP contribution >= 0.6 is 11.8 Å². The summed E-state index contributed by atoms with van der Waals surface area (Å²) >= 11 is 1.18. The van der Waals surface area contributed by atoms with E-state index < -0.39 is 11.7 Å². The Labute approximate surface area is 207 Å². The number of Topliss-reactive ketones (excluding diaryl/α,β-unsaturated/α-hetero) is 1. The standard InChI is InChI=1S/C23H20F3N7O2S/c1-2-16(34)12-36-22-29-18(27)11-19(30-22)35-17-8-6-13(7-9-17)20-31-21(33-32-20)28-15-5-3-4-14(10-15)23(24,25)26/h3-11H,2,12H2,1H3,(H2,27,29,30)(H2,28,31,32,33). The van der Waals surface area contributed by atoms with Crippen molar-refractivity contribution in [2.75, 3.05) is 16.8 Å². The molecule has 0 fully saturated rings. The van der Waals surface area contributed by atoms with Gasteiger partial charge in [0.15, 0.2) is 11.0 Å². The number of nitrogens with two attached hydrogens (primary N) is 1. The number of alkyl halides is 3. The lowest BCUT2D eigenvalue weighted by Crippen LogP contribution is -2.05. The van der Waals surface area contributed by atoms with Crippen LogP contribution in [0.15, 0.2) is 59.8 Å². The van der Waals surface area contributed by atoms with Crippen molar-refractivity contribution in [2.45, 2.75) is 24.7 Å². The van der Waals surface area contributed by atoms with Crippen molar-refractivity contribution < 1.29 is 22.7 Å². The molecule has 2 aromatic heterocycles. The monoisotopic (exact) mass is 515 g/mol. The Balaban J connectivity index is 1.42. The van der Waals surface area contributed by atoms with Gasteiger partial charge in [0.05, 0.1) is 11.3 Å². The van der Waals surface area contributed by atoms with Crippen molar-refractivity contribution in [2.24, 2.45) is 0 Å². The molecule has 0 aliphatic carbocycles. The maximum Gasteiger partial charge on any atom is 0.416 e. The molecular weight excluding hydrogens is 495 g/mol. The summed E-state index contributed by atoms with van der Waals surface area (Å²) in [5, 5.41) is 9.85. The highest BCUT2D eigenvalue weighted by molar-refractivity contribution is 7.99. The number of nitrogens with one attached hydrogen (secondary N) is 2. The van der Waals surface area contributed by atoms with Crippen LogP contribution in [0.3, 0.4) is 0 Å². The number of aromatic nitrogens is 5. The molecular formula is C23H20F3N7O2S. The van der Waals surface area contributed by atoms with E-state index >= 15 is 0 Å². The van der Waals surface area contributed by atoms with Crippen LogP contribution in [0.25, 0.3) is 11.4 Å². The first-order chi connectivity index (χ1) is 17.2. The maximum absolute atomic E-state index is 12.9. The first-order valence-corrected chi connectivity index (χ1v) is 11.6. The highest BCUT2D eigenvalue weighted by Gasteiger charge is 2.30. The largest absolute Gasteiger partial charge is 0.439 e. The average Bonchev–Trinajstić information content (AvgIpc) is 3.30. The summed E-state index contributed by atoms with van der Waals surface area (Å²) in [6, 6.07) is 13.1. The van der Waals surface area contributed by atoms with E-state index in [-0.39, 0.29) is 34.9 Å². The van der Waals surface area contributed by atoms with Crippen molar-refractivity contribution in [1.29, 1.82) is 0 Å². The van der Waals surface area contributed by atoms with Crippen LogP contribution < -0.4 is 15.8 Å². The van der Waals surface area contributed by atoms with E-state index in [1.54, 1.807) is 31.2 Å². The van der Waals surface area contributed by atoms with Gasteiger partial charge in [-0.25, -0.2) is 4.98 Å². The van der Waals surface area contributed by atoms with E-state index in [4.69, 9.17) is 10.5 Å². The maximum atomic E-state index is 12.9. The third-order valence-electron chi connectivity index (χ3n) is 4.74. The number of nitrogens with zero attached hydrogens (tertiary/aromatic N) is 4. The molecule has 0 spiro atoms. The van der Waals surface area contributed by atoms with E-state index in [2.05, 4.69) is 30.5 Å². The summed E-state index contributed by atoms with van der Waals surface area (Å²) in [5.41, 5.74) is 5.93. The number of carbonyl (C=O) groups is 1. The molecule has 4 aromatic rings. The van der Waals surface area contributed by atoms with Gasteiger partial charge in [0, 0.05) is 23.7 Å². The summed E-state index contributed by atoms with van der Waals surface area (Å²) in [6.07, 6.45) is -4.02. The minimum absolute atomic E-state index is 0.0738. The Bertz CT molecular complexity index is 1360. The number of H-pyrrole nitrogens is 1. The number of benzene rings is 2. The molecule has 0 unspecified atom stereocenters. The molecule has 0 bridgehead atoms. The van der Waals surface area contributed by atoms with E-state index in [1.165, 1.54) is 30.0 Å². The molecule has 4 rings (SSSR count). The molecule has 0 saturated carbocycles. The van der Waals surface area contributed by atoms with Gasteiger partial charge in [-0.2, -0.15) is 23.1 Å². The zero-order valence-corrected chi connectivity index (χ0v) is 19.7. The van der Waals surface area contributed by atoms with Gasteiger partial charge in [0.25, 0.3) is 0 Å². The molecule has 4 N–H and O–H groups in total. The Morgan fingerprint density at radius 2 is 1.89 bits per heavy atom. The number of thioether (sulfide) groups is 1. The summed E-state index contributed by atoms with van der Waals surface area (Å²) in [4.78, 5) is 24.2. The Hall–Kier alpha value is -4.13. The lowest BCUT2D eigenvalue weighted by molar-refractivity contribution is -0.137. The predicted octanol–water partition coefficient (Wildman–Crippen LogP) is 5.47. The zero-order chi connectivity index (χ0) is 25.7. The molecule has 0 aliphatic rings. The smallest absolute Gasteiger partial charge is 0.416 e. The van der Waals surface area contributed by atoms with Crippen molar-refractivity contribution in [1.82, 2.24) is 25.1 Å². The average molecular weight is 516 g/mol. The fourth-order valence-electron chi connectivity index (χ4n) is 2.94. The Morgan fingerprint density at radius 1 is 1.11 bits per heavy atom. The second-order valence-corrected chi connectivity index (χ2v) is 8.37. The number of rotatable bonds is 9. The number of ether oxygens (including phenoxy) is 1. The molecule has 9 nitrogen and oxygen atoms in total. The summed E-state index contributed by atoms with van der Waals surface area (Å²) in [6.45, 7) is 1.79. The molecule has 0 radical (unpaired) electrons. The second kappa shape index (κ2) is 10.6. The minimum atomic E-state index is -4.45. The minimum Gasteiger partial charge on any atom is -0.439 e. The van der Waals surface area contributed by atoms with Crippen LogP contribution in [0.2, 0.25) is 0 Å². The number of aromatic amines is 1. The molecule has 186 valence electrons. The SMILES string of the molecule is CCC(=O)CSc1nc(N)cc(Oc2ccc(-c3nc(Nc4cccc(C(F)(F)F)c4)n[nH]3)cc2)n1. The number of hydrogen-bond donors (Lipinski definition) is 3. The quantitative estimate of drug-likeness (QED) is 0.196. The van der Waals surface area contributed by atoms with Gasteiger partial charge >= 0.3 is 6.18 Å². The van der Waals surface area contributed by atoms with Crippen LogP contribution in [0.5, 0.6) is 11.6 Å². The molecule has 2 heterocycles. The fourth-order valence-corrected chi connectivity index (χ4v) is 3.75.